The Hall–Kier alpha value is -0.690. The van der Waals surface area contributed by atoms with Crippen molar-refractivity contribution < 1.29 is 9.15 Å². The van der Waals surface area contributed by atoms with Gasteiger partial charge in [0.25, 0.3) is 0 Å². The van der Waals surface area contributed by atoms with E-state index < -0.39 is 0 Å². The first-order chi connectivity index (χ1) is 8.19. The minimum absolute atomic E-state index is 0.635. The highest BCUT2D eigenvalue weighted by Crippen LogP contribution is 2.28. The zero-order valence-corrected chi connectivity index (χ0v) is 12.9. The third-order valence-corrected chi connectivity index (χ3v) is 3.32. The normalized spacial score (nSPS) is 10.3. The van der Waals surface area contributed by atoms with Crippen LogP contribution in [0.5, 0.6) is 5.75 Å². The van der Waals surface area contributed by atoms with Gasteiger partial charge in [0.05, 0.1) is 19.3 Å². The molecule has 0 bridgehead atoms. The largest absolute Gasteiger partial charge is 0.495 e. The number of rotatable bonds is 4. The van der Waals surface area contributed by atoms with Crippen LogP contribution in [0.1, 0.15) is 5.76 Å². The van der Waals surface area contributed by atoms with Crippen LogP contribution < -0.4 is 10.1 Å². The van der Waals surface area contributed by atoms with Crippen molar-refractivity contribution in [1.82, 2.24) is 0 Å². The Morgan fingerprint density at radius 3 is 2.82 bits per heavy atom. The Balaban J connectivity index is 2.10. The average molecular weight is 408 g/mol. The van der Waals surface area contributed by atoms with Gasteiger partial charge in [-0.2, -0.15) is 0 Å². The Morgan fingerprint density at radius 2 is 2.18 bits per heavy atom. The summed E-state index contributed by atoms with van der Waals surface area (Å²) in [6, 6.07) is 9.74. The number of hydrogen-bond donors (Lipinski definition) is 1. The molecule has 5 heteroatoms. The first-order valence-corrected chi connectivity index (χ1v) is 6.88. The van der Waals surface area contributed by atoms with Gasteiger partial charge in [-0.25, -0.2) is 0 Å². The Labute approximate surface area is 122 Å². The van der Waals surface area contributed by atoms with Gasteiger partial charge in [-0.1, -0.05) is 15.9 Å². The number of halogens is 2. The van der Waals surface area contributed by atoms with Crippen molar-refractivity contribution in [1.29, 1.82) is 0 Å². The highest BCUT2D eigenvalue weighted by atomic mass is 127. The summed E-state index contributed by atoms with van der Waals surface area (Å²) in [5.41, 5.74) is 0.938. The van der Waals surface area contributed by atoms with Gasteiger partial charge in [0.1, 0.15) is 11.5 Å². The molecule has 0 atom stereocenters. The molecule has 0 fully saturated rings. The van der Waals surface area contributed by atoms with E-state index in [1.54, 1.807) is 7.11 Å². The molecular formula is C12H11BrINO2. The second-order valence-electron chi connectivity index (χ2n) is 3.40. The zero-order valence-electron chi connectivity index (χ0n) is 9.17. The van der Waals surface area contributed by atoms with E-state index in [4.69, 9.17) is 9.15 Å². The van der Waals surface area contributed by atoms with E-state index >= 15 is 0 Å². The maximum Gasteiger partial charge on any atom is 0.164 e. The number of nitrogens with one attached hydrogen (secondary N) is 1. The van der Waals surface area contributed by atoms with Crippen LogP contribution in [0.4, 0.5) is 5.69 Å². The van der Waals surface area contributed by atoms with Crippen molar-refractivity contribution >= 4 is 44.2 Å². The van der Waals surface area contributed by atoms with E-state index in [9.17, 15) is 0 Å². The van der Waals surface area contributed by atoms with E-state index in [1.165, 1.54) is 0 Å². The molecule has 0 saturated carbocycles. The van der Waals surface area contributed by atoms with Crippen molar-refractivity contribution in [3.8, 4) is 5.75 Å². The fourth-order valence-electron chi connectivity index (χ4n) is 1.45. The standard InChI is InChI=1S/C12H11BrINO2/c1-16-11-4-2-8(13)6-10(11)15-7-9-3-5-12(14)17-9/h2-6,15H,7H2,1H3. The van der Waals surface area contributed by atoms with E-state index in [-0.39, 0.29) is 0 Å². The van der Waals surface area contributed by atoms with Crippen LogP contribution in [0.2, 0.25) is 0 Å². The Morgan fingerprint density at radius 1 is 1.35 bits per heavy atom. The quantitative estimate of drug-likeness (QED) is 0.768. The van der Waals surface area contributed by atoms with E-state index in [2.05, 4.69) is 43.8 Å². The summed E-state index contributed by atoms with van der Waals surface area (Å²) < 4.78 is 12.7. The monoisotopic (exact) mass is 407 g/mol. The molecule has 90 valence electrons. The lowest BCUT2D eigenvalue weighted by molar-refractivity contribution is 0.416. The molecule has 0 amide bonds. The summed E-state index contributed by atoms with van der Waals surface area (Å²) in [7, 11) is 1.66. The molecule has 1 aromatic heterocycles. The minimum Gasteiger partial charge on any atom is -0.495 e. The molecule has 0 unspecified atom stereocenters. The average Bonchev–Trinajstić information content (AvgIpc) is 2.73. The molecule has 2 rings (SSSR count). The molecule has 1 heterocycles. The lowest BCUT2D eigenvalue weighted by atomic mass is 10.3. The summed E-state index contributed by atoms with van der Waals surface area (Å²) in [5, 5.41) is 3.28. The van der Waals surface area contributed by atoms with E-state index in [0.717, 1.165) is 25.4 Å². The lowest BCUT2D eigenvalue weighted by Gasteiger charge is -2.10. The summed E-state index contributed by atoms with van der Waals surface area (Å²) in [5.74, 6) is 1.71. The van der Waals surface area contributed by atoms with Crippen LogP contribution in [-0.2, 0) is 6.54 Å². The maximum absolute atomic E-state index is 5.48. The molecule has 1 N–H and O–H groups in total. The predicted octanol–water partition coefficient (Wildman–Crippen LogP) is 4.27. The number of benzene rings is 1. The summed E-state index contributed by atoms with van der Waals surface area (Å²) in [6.07, 6.45) is 0. The third kappa shape index (κ3) is 3.38. The zero-order chi connectivity index (χ0) is 12.3. The van der Waals surface area contributed by atoms with Crippen molar-refractivity contribution in [3.05, 3.63) is 44.3 Å². The van der Waals surface area contributed by atoms with Gasteiger partial charge in [0.15, 0.2) is 3.77 Å². The van der Waals surface area contributed by atoms with Crippen LogP contribution in [0.25, 0.3) is 0 Å². The molecule has 0 aliphatic carbocycles. The van der Waals surface area contributed by atoms with Crippen LogP contribution in [0.15, 0.2) is 39.2 Å². The molecule has 0 aliphatic rings. The first kappa shape index (κ1) is 12.8. The molecule has 17 heavy (non-hydrogen) atoms. The molecule has 3 nitrogen and oxygen atoms in total. The number of ether oxygens (including phenoxy) is 1. The summed E-state index contributed by atoms with van der Waals surface area (Å²) in [4.78, 5) is 0. The van der Waals surface area contributed by atoms with Gasteiger partial charge in [-0.3, -0.25) is 0 Å². The van der Waals surface area contributed by atoms with Crippen LogP contribution >= 0.6 is 38.5 Å². The van der Waals surface area contributed by atoms with Gasteiger partial charge >= 0.3 is 0 Å². The van der Waals surface area contributed by atoms with Crippen LogP contribution in [0, 0.1) is 3.77 Å². The molecule has 2 aromatic rings. The van der Waals surface area contributed by atoms with E-state index in [0.29, 0.717) is 6.54 Å². The van der Waals surface area contributed by atoms with Crippen molar-refractivity contribution in [3.63, 3.8) is 0 Å². The van der Waals surface area contributed by atoms with Gasteiger partial charge in [0.2, 0.25) is 0 Å². The molecule has 0 spiro atoms. The van der Waals surface area contributed by atoms with Gasteiger partial charge in [0, 0.05) is 4.47 Å². The third-order valence-electron chi connectivity index (χ3n) is 2.24. The number of hydrogen-bond acceptors (Lipinski definition) is 3. The van der Waals surface area contributed by atoms with Crippen LogP contribution in [0.3, 0.4) is 0 Å². The maximum atomic E-state index is 5.48. The van der Waals surface area contributed by atoms with Crippen LogP contribution in [-0.4, -0.2) is 7.11 Å². The van der Waals surface area contributed by atoms with E-state index in [1.807, 2.05) is 30.3 Å². The second-order valence-corrected chi connectivity index (χ2v) is 5.38. The summed E-state index contributed by atoms with van der Waals surface area (Å²) >= 11 is 5.58. The first-order valence-electron chi connectivity index (χ1n) is 5.00. The lowest BCUT2D eigenvalue weighted by Crippen LogP contribution is -2.00. The summed E-state index contributed by atoms with van der Waals surface area (Å²) in [6.45, 7) is 0.635. The smallest absolute Gasteiger partial charge is 0.164 e. The highest BCUT2D eigenvalue weighted by Gasteiger charge is 2.05. The number of anilines is 1. The van der Waals surface area contributed by atoms with Gasteiger partial charge in [-0.05, 0) is 52.9 Å². The molecule has 0 radical (unpaired) electrons. The van der Waals surface area contributed by atoms with Crippen molar-refractivity contribution in [2.75, 3.05) is 12.4 Å². The van der Waals surface area contributed by atoms with Crippen molar-refractivity contribution in [2.24, 2.45) is 0 Å². The predicted molar refractivity (Wildman–Crippen MR) is 79.4 cm³/mol. The SMILES string of the molecule is COc1ccc(Br)cc1NCc1ccc(I)o1. The fourth-order valence-corrected chi connectivity index (χ4v) is 2.27. The molecular weight excluding hydrogens is 397 g/mol. The molecule has 0 saturated heterocycles. The Kier molecular flexibility index (Phi) is 4.33. The molecule has 1 aromatic carbocycles. The number of methoxy groups -OCH3 is 1. The fraction of sp³-hybridized carbons (Fsp3) is 0.167. The topological polar surface area (TPSA) is 34.4 Å². The van der Waals surface area contributed by atoms with Gasteiger partial charge < -0.3 is 14.5 Å². The van der Waals surface area contributed by atoms with Crippen molar-refractivity contribution in [2.45, 2.75) is 6.54 Å². The second kappa shape index (κ2) is 5.77. The number of furan rings is 1. The minimum atomic E-state index is 0.635. The Bertz CT molecular complexity index is 513. The highest BCUT2D eigenvalue weighted by molar-refractivity contribution is 14.1. The van der Waals surface area contributed by atoms with Gasteiger partial charge in [-0.15, -0.1) is 0 Å². The molecule has 0 aliphatic heterocycles.